The number of carbonyl (C=O) groups is 1. The predicted octanol–water partition coefficient (Wildman–Crippen LogP) is 4.12. The molecule has 4 aromatic rings. The molecule has 0 fully saturated rings. The summed E-state index contributed by atoms with van der Waals surface area (Å²) in [5.41, 5.74) is 4.61. The number of hydrogen-bond acceptors (Lipinski definition) is 7. The number of amides is 1. The van der Waals surface area contributed by atoms with E-state index in [9.17, 15) is 25.0 Å². The zero-order valence-electron chi connectivity index (χ0n) is 17.4. The third-order valence-electron chi connectivity index (χ3n) is 4.80. The number of para-hydroxylation sites is 1. The molecule has 3 aromatic carbocycles. The van der Waals surface area contributed by atoms with Gasteiger partial charge in [-0.1, -0.05) is 24.3 Å². The van der Waals surface area contributed by atoms with Crippen LogP contribution in [0.4, 0.5) is 11.4 Å². The number of nitrogens with zero attached hydrogens (tertiary/aromatic N) is 5. The van der Waals surface area contributed by atoms with E-state index in [-0.39, 0.29) is 16.9 Å². The lowest BCUT2D eigenvalue weighted by molar-refractivity contribution is -0.385. The predicted molar refractivity (Wildman–Crippen MR) is 124 cm³/mol. The number of nitro benzene ring substituents is 2. The van der Waals surface area contributed by atoms with Crippen molar-refractivity contribution >= 4 is 23.5 Å². The van der Waals surface area contributed by atoms with Gasteiger partial charge in [0.25, 0.3) is 17.3 Å². The summed E-state index contributed by atoms with van der Waals surface area (Å²) in [6, 6.07) is 20.5. The number of nitrogens with one attached hydrogen (secondary N) is 1. The fourth-order valence-electron chi connectivity index (χ4n) is 3.15. The number of rotatable bonds is 7. The van der Waals surface area contributed by atoms with Crippen molar-refractivity contribution in [3.8, 4) is 16.9 Å². The molecular weight excluding hydrogens is 440 g/mol. The molecule has 168 valence electrons. The molecule has 0 atom stereocenters. The van der Waals surface area contributed by atoms with Crippen molar-refractivity contribution in [3.05, 3.63) is 116 Å². The van der Waals surface area contributed by atoms with E-state index in [4.69, 9.17) is 0 Å². The van der Waals surface area contributed by atoms with E-state index in [1.54, 1.807) is 23.0 Å². The minimum absolute atomic E-state index is 0.0503. The largest absolute Gasteiger partial charge is 0.271 e. The Bertz CT molecular complexity index is 1400. The van der Waals surface area contributed by atoms with Crippen LogP contribution in [0.15, 0.2) is 90.2 Å². The summed E-state index contributed by atoms with van der Waals surface area (Å²) in [6.07, 6.45) is 3.09. The summed E-state index contributed by atoms with van der Waals surface area (Å²) in [5.74, 6) is -0.618. The Balaban J connectivity index is 1.63. The fraction of sp³-hybridized carbons (Fsp3) is 0. The lowest BCUT2D eigenvalue weighted by atomic mass is 10.1. The van der Waals surface area contributed by atoms with Gasteiger partial charge in [0, 0.05) is 47.2 Å². The zero-order valence-corrected chi connectivity index (χ0v) is 17.4. The van der Waals surface area contributed by atoms with Gasteiger partial charge in [0.1, 0.15) is 5.69 Å². The van der Waals surface area contributed by atoms with Crippen molar-refractivity contribution in [2.75, 3.05) is 0 Å². The van der Waals surface area contributed by atoms with E-state index in [2.05, 4.69) is 15.6 Å². The summed E-state index contributed by atoms with van der Waals surface area (Å²) in [7, 11) is 0. The maximum Gasteiger partial charge on any atom is 0.271 e. The highest BCUT2D eigenvalue weighted by Gasteiger charge is 2.14. The Morgan fingerprint density at radius 2 is 1.62 bits per heavy atom. The van der Waals surface area contributed by atoms with Crippen molar-refractivity contribution < 1.29 is 14.6 Å². The molecule has 1 amide bonds. The van der Waals surface area contributed by atoms with Crippen molar-refractivity contribution in [1.29, 1.82) is 0 Å². The quantitative estimate of drug-likeness (QED) is 0.251. The molecule has 34 heavy (non-hydrogen) atoms. The molecule has 4 rings (SSSR count). The van der Waals surface area contributed by atoms with E-state index < -0.39 is 15.8 Å². The summed E-state index contributed by atoms with van der Waals surface area (Å²) in [5, 5.41) is 30.5. The van der Waals surface area contributed by atoms with Crippen LogP contribution in [-0.4, -0.2) is 31.7 Å². The molecule has 1 aromatic heterocycles. The normalized spacial score (nSPS) is 10.8. The molecule has 0 saturated carbocycles. The van der Waals surface area contributed by atoms with Gasteiger partial charge in [-0.2, -0.15) is 10.2 Å². The smallest absolute Gasteiger partial charge is 0.267 e. The summed E-state index contributed by atoms with van der Waals surface area (Å²) < 4.78 is 1.63. The Morgan fingerprint density at radius 1 is 0.912 bits per heavy atom. The number of nitro groups is 2. The van der Waals surface area contributed by atoms with Crippen LogP contribution >= 0.6 is 0 Å². The van der Waals surface area contributed by atoms with Crippen LogP contribution in [0, 0.1) is 20.2 Å². The van der Waals surface area contributed by atoms with Crippen molar-refractivity contribution in [3.63, 3.8) is 0 Å². The third kappa shape index (κ3) is 4.83. The van der Waals surface area contributed by atoms with Crippen LogP contribution in [-0.2, 0) is 0 Å². The molecule has 0 aliphatic rings. The number of carbonyl (C=O) groups excluding carboxylic acids is 1. The minimum atomic E-state index is -0.618. The van der Waals surface area contributed by atoms with Crippen LogP contribution in [0.1, 0.15) is 15.9 Å². The summed E-state index contributed by atoms with van der Waals surface area (Å²) in [4.78, 5) is 33.2. The number of benzene rings is 3. The van der Waals surface area contributed by atoms with Gasteiger partial charge in [-0.05, 0) is 30.3 Å². The number of hydrazone groups is 1. The Morgan fingerprint density at radius 3 is 2.29 bits per heavy atom. The molecule has 0 unspecified atom stereocenters. The second kappa shape index (κ2) is 9.53. The van der Waals surface area contributed by atoms with Gasteiger partial charge in [0.15, 0.2) is 0 Å². The Hall–Kier alpha value is -5.19. The van der Waals surface area contributed by atoms with Crippen molar-refractivity contribution in [2.24, 2.45) is 5.10 Å². The van der Waals surface area contributed by atoms with E-state index in [0.717, 1.165) is 11.8 Å². The van der Waals surface area contributed by atoms with Gasteiger partial charge in [-0.3, -0.25) is 25.0 Å². The van der Waals surface area contributed by atoms with Crippen LogP contribution in [0.25, 0.3) is 16.9 Å². The highest BCUT2D eigenvalue weighted by atomic mass is 16.6. The molecule has 11 heteroatoms. The van der Waals surface area contributed by atoms with E-state index in [0.29, 0.717) is 16.8 Å². The maximum absolute atomic E-state index is 12.4. The van der Waals surface area contributed by atoms with E-state index in [1.807, 2.05) is 30.3 Å². The molecule has 0 saturated heterocycles. The average molecular weight is 456 g/mol. The Labute approximate surface area is 192 Å². The highest BCUT2D eigenvalue weighted by Crippen LogP contribution is 2.25. The van der Waals surface area contributed by atoms with Crippen LogP contribution in [0.3, 0.4) is 0 Å². The van der Waals surface area contributed by atoms with Crippen molar-refractivity contribution in [2.45, 2.75) is 0 Å². The minimum Gasteiger partial charge on any atom is -0.267 e. The molecule has 1 N–H and O–H groups in total. The van der Waals surface area contributed by atoms with Gasteiger partial charge >= 0.3 is 0 Å². The summed E-state index contributed by atoms with van der Waals surface area (Å²) >= 11 is 0. The van der Waals surface area contributed by atoms with Crippen LogP contribution in [0.2, 0.25) is 0 Å². The molecule has 0 radical (unpaired) electrons. The van der Waals surface area contributed by atoms with Crippen LogP contribution < -0.4 is 5.43 Å². The molecule has 0 aliphatic carbocycles. The molecule has 11 nitrogen and oxygen atoms in total. The maximum atomic E-state index is 12.4. The standard InChI is InChI=1S/C23H16N6O5/c30-23(17-5-4-8-21(13-17)29(33)34)25-24-14-18-15-27(19-6-2-1-3-7-19)26-22(18)16-9-11-20(12-10-16)28(31)32/h1-15H,(H,25,30)/b24-14+. The van der Waals surface area contributed by atoms with E-state index >= 15 is 0 Å². The lowest BCUT2D eigenvalue weighted by Crippen LogP contribution is -2.17. The van der Waals surface area contributed by atoms with Crippen LogP contribution in [0.5, 0.6) is 0 Å². The first-order valence-electron chi connectivity index (χ1n) is 9.90. The average Bonchev–Trinajstić information content (AvgIpc) is 3.29. The first-order valence-corrected chi connectivity index (χ1v) is 9.90. The van der Waals surface area contributed by atoms with Gasteiger partial charge in [-0.15, -0.1) is 0 Å². The number of hydrogen-bond donors (Lipinski definition) is 1. The second-order valence-corrected chi connectivity index (χ2v) is 7.02. The third-order valence-corrected chi connectivity index (χ3v) is 4.80. The van der Waals surface area contributed by atoms with Gasteiger partial charge in [-0.25, -0.2) is 10.1 Å². The first-order chi connectivity index (χ1) is 16.4. The zero-order chi connectivity index (χ0) is 24.1. The first kappa shape index (κ1) is 22.0. The second-order valence-electron chi connectivity index (χ2n) is 7.02. The monoisotopic (exact) mass is 456 g/mol. The van der Waals surface area contributed by atoms with E-state index in [1.165, 1.54) is 36.5 Å². The Kier molecular flexibility index (Phi) is 6.17. The molecule has 0 spiro atoms. The molecule has 0 aliphatic heterocycles. The molecular formula is C23H16N6O5. The molecule has 1 heterocycles. The number of non-ortho nitro benzene ring substituents is 2. The number of aromatic nitrogens is 2. The lowest BCUT2D eigenvalue weighted by Gasteiger charge is -2.01. The molecule has 0 bridgehead atoms. The highest BCUT2D eigenvalue weighted by molar-refractivity contribution is 5.96. The van der Waals surface area contributed by atoms with Crippen molar-refractivity contribution in [1.82, 2.24) is 15.2 Å². The fourth-order valence-corrected chi connectivity index (χ4v) is 3.15. The van der Waals surface area contributed by atoms with Gasteiger partial charge in [0.2, 0.25) is 0 Å². The topological polar surface area (TPSA) is 146 Å². The summed E-state index contributed by atoms with van der Waals surface area (Å²) in [6.45, 7) is 0. The SMILES string of the molecule is O=C(N/N=C/c1cn(-c2ccccc2)nc1-c1ccc([N+](=O)[O-])cc1)c1cccc([N+](=O)[O-])c1. The van der Waals surface area contributed by atoms with Gasteiger partial charge < -0.3 is 0 Å². The van der Waals surface area contributed by atoms with Gasteiger partial charge in [0.05, 0.1) is 21.7 Å².